The van der Waals surface area contributed by atoms with Crippen molar-refractivity contribution >= 4 is 17.6 Å². The molecule has 2 aliphatic heterocycles. The molecule has 0 bridgehead atoms. The van der Waals surface area contributed by atoms with Crippen LogP contribution in [0.2, 0.25) is 0 Å². The molecule has 3 rings (SSSR count). The van der Waals surface area contributed by atoms with Crippen LogP contribution < -0.4 is 0 Å². The van der Waals surface area contributed by atoms with Crippen molar-refractivity contribution in [3.63, 3.8) is 0 Å². The molecular formula is C16H18N2O7. The topological polar surface area (TPSA) is 108 Å². The highest BCUT2D eigenvalue weighted by atomic mass is 16.7. The molecule has 0 N–H and O–H groups in total. The average Bonchev–Trinajstić information content (AvgIpc) is 3.08. The van der Waals surface area contributed by atoms with Crippen LogP contribution in [-0.2, 0) is 14.2 Å². The quantitative estimate of drug-likeness (QED) is 0.460. The summed E-state index contributed by atoms with van der Waals surface area (Å²) in [7, 11) is 1.17. The lowest BCUT2D eigenvalue weighted by Gasteiger charge is -2.37. The van der Waals surface area contributed by atoms with E-state index in [1.165, 1.54) is 19.2 Å². The maximum atomic E-state index is 12.7. The first-order chi connectivity index (χ1) is 11.9. The number of non-ortho nitro benzene ring substituents is 1. The number of esters is 1. The number of likely N-dealkylation sites (tertiary alicyclic amines) is 1. The molecule has 2 fully saturated rings. The van der Waals surface area contributed by atoms with Crippen molar-refractivity contribution in [1.82, 2.24) is 4.90 Å². The Kier molecular flexibility index (Phi) is 4.69. The summed E-state index contributed by atoms with van der Waals surface area (Å²) < 4.78 is 15.8. The molecule has 25 heavy (non-hydrogen) atoms. The Morgan fingerprint density at radius 1 is 1.16 bits per heavy atom. The third-order valence-electron chi connectivity index (χ3n) is 4.42. The van der Waals surface area contributed by atoms with Crippen LogP contribution in [0.5, 0.6) is 0 Å². The highest BCUT2D eigenvalue weighted by Gasteiger charge is 2.41. The molecule has 2 aliphatic rings. The molecule has 2 saturated heterocycles. The molecule has 1 spiro atoms. The molecule has 1 aromatic carbocycles. The summed E-state index contributed by atoms with van der Waals surface area (Å²) in [5, 5.41) is 11.1. The van der Waals surface area contributed by atoms with Gasteiger partial charge in [-0.25, -0.2) is 4.79 Å². The van der Waals surface area contributed by atoms with Crippen LogP contribution in [0.3, 0.4) is 0 Å². The van der Waals surface area contributed by atoms with E-state index in [1.807, 2.05) is 0 Å². The van der Waals surface area contributed by atoms with Crippen molar-refractivity contribution in [2.75, 3.05) is 33.4 Å². The molecule has 1 amide bonds. The Labute approximate surface area is 143 Å². The number of hydrogen-bond acceptors (Lipinski definition) is 7. The van der Waals surface area contributed by atoms with Crippen LogP contribution >= 0.6 is 0 Å². The predicted molar refractivity (Wildman–Crippen MR) is 84.2 cm³/mol. The third kappa shape index (κ3) is 3.47. The molecule has 0 unspecified atom stereocenters. The van der Waals surface area contributed by atoms with Crippen LogP contribution in [0.25, 0.3) is 0 Å². The largest absolute Gasteiger partial charge is 0.465 e. The van der Waals surface area contributed by atoms with Gasteiger partial charge in [0.05, 0.1) is 30.8 Å². The van der Waals surface area contributed by atoms with Gasteiger partial charge in [0, 0.05) is 43.6 Å². The van der Waals surface area contributed by atoms with E-state index in [2.05, 4.69) is 4.74 Å². The van der Waals surface area contributed by atoms with Crippen LogP contribution in [0.4, 0.5) is 5.69 Å². The number of methoxy groups -OCH3 is 1. The zero-order chi connectivity index (χ0) is 18.0. The second-order valence-corrected chi connectivity index (χ2v) is 5.92. The Bertz CT molecular complexity index is 702. The third-order valence-corrected chi connectivity index (χ3v) is 4.42. The van der Waals surface area contributed by atoms with Crippen molar-refractivity contribution < 1.29 is 28.7 Å². The van der Waals surface area contributed by atoms with Gasteiger partial charge in [0.15, 0.2) is 5.79 Å². The number of ether oxygens (including phenoxy) is 3. The molecule has 0 aromatic heterocycles. The Morgan fingerprint density at radius 3 is 2.32 bits per heavy atom. The minimum absolute atomic E-state index is 0.0315. The van der Waals surface area contributed by atoms with Gasteiger partial charge in [-0.05, 0) is 6.07 Å². The normalized spacial score (nSPS) is 19.0. The van der Waals surface area contributed by atoms with Gasteiger partial charge in [-0.15, -0.1) is 0 Å². The first kappa shape index (κ1) is 17.3. The number of benzene rings is 1. The van der Waals surface area contributed by atoms with Crippen LogP contribution in [0, 0.1) is 10.1 Å². The second kappa shape index (κ2) is 6.77. The van der Waals surface area contributed by atoms with Crippen molar-refractivity contribution in [1.29, 1.82) is 0 Å². The molecule has 0 aliphatic carbocycles. The molecular weight excluding hydrogens is 332 g/mol. The lowest BCUT2D eigenvalue weighted by Crippen LogP contribution is -2.47. The fourth-order valence-corrected chi connectivity index (χ4v) is 3.09. The molecule has 0 radical (unpaired) electrons. The van der Waals surface area contributed by atoms with Crippen molar-refractivity contribution in [3.8, 4) is 0 Å². The first-order valence-corrected chi connectivity index (χ1v) is 7.89. The van der Waals surface area contributed by atoms with Crippen molar-refractivity contribution in [2.24, 2.45) is 0 Å². The number of hydrogen-bond donors (Lipinski definition) is 0. The van der Waals surface area contributed by atoms with E-state index in [0.29, 0.717) is 39.1 Å². The summed E-state index contributed by atoms with van der Waals surface area (Å²) in [6, 6.07) is 3.57. The Hall–Kier alpha value is -2.52. The van der Waals surface area contributed by atoms with Gasteiger partial charge in [0.25, 0.3) is 11.6 Å². The lowest BCUT2D eigenvalue weighted by atomic mass is 10.0. The molecule has 0 saturated carbocycles. The zero-order valence-electron chi connectivity index (χ0n) is 13.7. The molecule has 1 aromatic rings. The summed E-state index contributed by atoms with van der Waals surface area (Å²) >= 11 is 0. The number of carbonyl (C=O) groups is 2. The Balaban J connectivity index is 1.80. The van der Waals surface area contributed by atoms with Crippen LogP contribution in [0.1, 0.15) is 33.6 Å². The smallest absolute Gasteiger partial charge is 0.338 e. The number of nitro groups is 1. The number of nitro benzene ring substituents is 1. The zero-order valence-corrected chi connectivity index (χ0v) is 13.7. The van der Waals surface area contributed by atoms with E-state index in [1.54, 1.807) is 4.90 Å². The fourth-order valence-electron chi connectivity index (χ4n) is 3.09. The van der Waals surface area contributed by atoms with Gasteiger partial charge in [0.1, 0.15) is 0 Å². The number of rotatable bonds is 3. The number of piperidine rings is 1. The molecule has 2 heterocycles. The number of amides is 1. The standard InChI is InChI=1S/C16H18N2O7/c1-23-15(20)12-8-11(9-13(10-12)18(21)22)14(19)17-4-2-16(3-5-17)24-6-7-25-16/h8-10H,2-7H2,1H3. The van der Waals surface area contributed by atoms with Gasteiger partial charge < -0.3 is 19.1 Å². The van der Waals surface area contributed by atoms with Crippen LogP contribution in [-0.4, -0.2) is 60.9 Å². The van der Waals surface area contributed by atoms with E-state index in [-0.39, 0.29) is 22.7 Å². The maximum Gasteiger partial charge on any atom is 0.338 e. The van der Waals surface area contributed by atoms with Crippen molar-refractivity contribution in [2.45, 2.75) is 18.6 Å². The van der Waals surface area contributed by atoms with Gasteiger partial charge in [-0.3, -0.25) is 14.9 Å². The minimum atomic E-state index is -0.733. The highest BCUT2D eigenvalue weighted by molar-refractivity contribution is 5.99. The summed E-state index contributed by atoms with van der Waals surface area (Å²) in [6.45, 7) is 1.91. The number of nitrogens with zero attached hydrogens (tertiary/aromatic N) is 2. The minimum Gasteiger partial charge on any atom is -0.465 e. The molecule has 9 nitrogen and oxygen atoms in total. The van der Waals surface area contributed by atoms with Crippen LogP contribution in [0.15, 0.2) is 18.2 Å². The summed E-state index contributed by atoms with van der Waals surface area (Å²) in [5.74, 6) is -1.72. The van der Waals surface area contributed by atoms with Gasteiger partial charge >= 0.3 is 5.97 Å². The van der Waals surface area contributed by atoms with E-state index in [0.717, 1.165) is 6.07 Å². The summed E-state index contributed by atoms with van der Waals surface area (Å²) in [5.41, 5.74) is -0.281. The first-order valence-electron chi connectivity index (χ1n) is 7.89. The van der Waals surface area contributed by atoms with E-state index in [4.69, 9.17) is 9.47 Å². The molecule has 9 heteroatoms. The van der Waals surface area contributed by atoms with E-state index < -0.39 is 16.7 Å². The second-order valence-electron chi connectivity index (χ2n) is 5.92. The van der Waals surface area contributed by atoms with Gasteiger partial charge in [-0.1, -0.05) is 0 Å². The lowest BCUT2D eigenvalue weighted by molar-refractivity contribution is -0.384. The predicted octanol–water partition coefficient (Wildman–Crippen LogP) is 1.36. The van der Waals surface area contributed by atoms with E-state index >= 15 is 0 Å². The SMILES string of the molecule is COC(=O)c1cc(C(=O)N2CCC3(CC2)OCCO3)cc([N+](=O)[O-])c1. The van der Waals surface area contributed by atoms with Gasteiger partial charge in [-0.2, -0.15) is 0 Å². The summed E-state index contributed by atoms with van der Waals surface area (Å²) in [4.78, 5) is 36.4. The molecule has 134 valence electrons. The van der Waals surface area contributed by atoms with Gasteiger partial charge in [0.2, 0.25) is 0 Å². The number of carbonyl (C=O) groups excluding carboxylic acids is 2. The average molecular weight is 350 g/mol. The monoisotopic (exact) mass is 350 g/mol. The molecule has 0 atom stereocenters. The fraction of sp³-hybridized carbons (Fsp3) is 0.500. The van der Waals surface area contributed by atoms with E-state index in [9.17, 15) is 19.7 Å². The highest BCUT2D eigenvalue weighted by Crippen LogP contribution is 2.32. The van der Waals surface area contributed by atoms with Crippen molar-refractivity contribution in [3.05, 3.63) is 39.4 Å². The summed E-state index contributed by atoms with van der Waals surface area (Å²) in [6.07, 6.45) is 1.08. The Morgan fingerprint density at radius 2 is 1.76 bits per heavy atom. The maximum absolute atomic E-state index is 12.7.